The van der Waals surface area contributed by atoms with Gasteiger partial charge >= 0.3 is 12.2 Å². The summed E-state index contributed by atoms with van der Waals surface area (Å²) in [6.45, 7) is 17.7. The van der Waals surface area contributed by atoms with Crippen LogP contribution in [0.1, 0.15) is 139 Å². The number of carbonyl (C=O) groups is 6. The number of ether oxygens (including phenoxy) is 2. The van der Waals surface area contributed by atoms with E-state index in [0.29, 0.717) is 65.0 Å². The first-order chi connectivity index (χ1) is 25.3. The minimum atomic E-state index is -0.767. The highest BCUT2D eigenvalue weighted by atomic mass is 16.6. The van der Waals surface area contributed by atoms with Gasteiger partial charge in [0.15, 0.2) is 0 Å². The Morgan fingerprint density at radius 3 is 1.83 bits per heavy atom. The van der Waals surface area contributed by atoms with E-state index in [0.717, 1.165) is 57.8 Å². The van der Waals surface area contributed by atoms with Crippen molar-refractivity contribution in [1.82, 2.24) is 30.2 Å². The number of hydrogen-bond acceptors (Lipinski definition) is 8. The second kappa shape index (κ2) is 22.7. The summed E-state index contributed by atoms with van der Waals surface area (Å²) in [5.74, 6) is -0.508. The van der Waals surface area contributed by atoms with Gasteiger partial charge in [-0.1, -0.05) is 58.8 Å². The Hall–Kier alpha value is -3.58. The number of nitrogens with one attached hydrogen (secondary N) is 2. The number of likely N-dealkylation sites (N-methyl/N-ethyl adjacent to an activating group) is 1. The number of nitrogens with zero attached hydrogens (tertiary/aromatic N) is 4. The molecule has 0 spiro atoms. The van der Waals surface area contributed by atoms with Crippen LogP contribution < -0.4 is 10.6 Å². The smallest absolute Gasteiger partial charge is 0.410 e. The number of unbranched alkanes of at least 4 members (excludes halogenated alkanes) is 8. The molecule has 0 aromatic carbocycles. The normalized spacial score (nSPS) is 18.0. The maximum atomic E-state index is 13.7. The van der Waals surface area contributed by atoms with Gasteiger partial charge in [-0.3, -0.25) is 19.2 Å². The first-order valence-electron chi connectivity index (χ1n) is 20.4. The predicted molar refractivity (Wildman–Crippen MR) is 209 cm³/mol. The van der Waals surface area contributed by atoms with Crippen LogP contribution in [0, 0.1) is 5.92 Å². The maximum Gasteiger partial charge on any atom is 0.410 e. The average molecular weight is 765 g/mol. The van der Waals surface area contributed by atoms with Gasteiger partial charge in [-0.25, -0.2) is 9.59 Å². The Bertz CT molecular complexity index is 1220. The van der Waals surface area contributed by atoms with E-state index in [4.69, 9.17) is 9.47 Å². The number of rotatable bonds is 20. The zero-order valence-electron chi connectivity index (χ0n) is 34.9. The molecular weight excluding hydrogens is 692 g/mol. The average Bonchev–Trinajstić information content (AvgIpc) is 3.08. The largest absolute Gasteiger partial charge is 0.444 e. The van der Waals surface area contributed by atoms with Crippen molar-refractivity contribution in [2.45, 2.75) is 162 Å². The van der Waals surface area contributed by atoms with E-state index in [-0.39, 0.29) is 42.2 Å². The molecule has 0 bridgehead atoms. The van der Waals surface area contributed by atoms with E-state index in [1.807, 2.05) is 39.5 Å². The zero-order chi connectivity index (χ0) is 40.5. The van der Waals surface area contributed by atoms with Gasteiger partial charge in [-0.2, -0.15) is 0 Å². The molecule has 14 heteroatoms. The summed E-state index contributed by atoms with van der Waals surface area (Å²) in [6, 6.07) is -1.37. The van der Waals surface area contributed by atoms with Crippen LogP contribution >= 0.6 is 0 Å². The molecule has 2 aliphatic rings. The lowest BCUT2D eigenvalue weighted by atomic mass is 9.93. The minimum absolute atomic E-state index is 0.0431. The molecule has 310 valence electrons. The molecule has 54 heavy (non-hydrogen) atoms. The molecule has 2 saturated heterocycles. The van der Waals surface area contributed by atoms with Gasteiger partial charge in [0.1, 0.15) is 29.8 Å². The second-order valence-electron chi connectivity index (χ2n) is 17.0. The number of hydrogen-bond donors (Lipinski definition) is 2. The third-order valence-electron chi connectivity index (χ3n) is 9.99. The van der Waals surface area contributed by atoms with Gasteiger partial charge in [-0.05, 0) is 79.6 Å². The number of piperazine rings is 2. The molecular formula is C40H72N6O8. The molecule has 2 fully saturated rings. The van der Waals surface area contributed by atoms with Crippen LogP contribution in [-0.2, 0) is 28.7 Å². The van der Waals surface area contributed by atoms with Gasteiger partial charge in [0.2, 0.25) is 23.6 Å². The molecule has 0 unspecified atom stereocenters. The zero-order valence-corrected chi connectivity index (χ0v) is 34.9. The topological polar surface area (TPSA) is 158 Å². The van der Waals surface area contributed by atoms with E-state index >= 15 is 0 Å². The SMILES string of the molecule is CC[C@H](C)[C@H]1C(=O)N([C@@H](CCCCNC(=O)OC(C)(C)C)C(=O)NCCCCCCCCCCC(=O)N2CCN(C(=O)OC(C)(C)C)CC2)CC(=O)N1C. The molecule has 2 N–H and O–H groups in total. The summed E-state index contributed by atoms with van der Waals surface area (Å²) in [4.78, 5) is 83.7. The van der Waals surface area contributed by atoms with Gasteiger partial charge in [-0.15, -0.1) is 0 Å². The first-order valence-corrected chi connectivity index (χ1v) is 20.4. The lowest BCUT2D eigenvalue weighted by Gasteiger charge is -2.43. The highest BCUT2D eigenvalue weighted by Gasteiger charge is 2.44. The third kappa shape index (κ3) is 16.8. The first kappa shape index (κ1) is 46.6. The second-order valence-corrected chi connectivity index (χ2v) is 17.0. The van der Waals surface area contributed by atoms with Crippen molar-refractivity contribution in [1.29, 1.82) is 0 Å². The van der Waals surface area contributed by atoms with Crippen LogP contribution in [0.25, 0.3) is 0 Å². The molecule has 0 aromatic heterocycles. The van der Waals surface area contributed by atoms with Crippen LogP contribution in [0.2, 0.25) is 0 Å². The van der Waals surface area contributed by atoms with Crippen LogP contribution in [0.4, 0.5) is 9.59 Å². The molecule has 3 atom stereocenters. The Labute approximate surface area is 324 Å². The van der Waals surface area contributed by atoms with E-state index in [1.54, 1.807) is 32.7 Å². The van der Waals surface area contributed by atoms with Crippen molar-refractivity contribution < 1.29 is 38.2 Å². The summed E-state index contributed by atoms with van der Waals surface area (Å²) in [6.07, 6.45) is 9.95. The fourth-order valence-electron chi connectivity index (χ4n) is 6.75. The van der Waals surface area contributed by atoms with E-state index in [1.165, 1.54) is 9.80 Å². The highest BCUT2D eigenvalue weighted by Crippen LogP contribution is 2.24. The number of amides is 6. The van der Waals surface area contributed by atoms with Crippen molar-refractivity contribution >= 4 is 35.8 Å². The molecule has 6 amide bonds. The molecule has 2 rings (SSSR count). The standard InChI is InChI=1S/C40H72N6O8/c1-10-30(2)34-36(50)46(29-33(48)43(34)9)31(21-18-20-24-42-37(51)53-39(3,4)5)35(49)41-23-19-16-14-12-11-13-15-17-22-32(47)44-25-27-45(28-26-44)38(52)54-40(6,7)8/h30-31,34H,10-29H2,1-9H3,(H,41,49)(H,42,51)/t30-,31-,34-/m0/s1. The monoisotopic (exact) mass is 765 g/mol. The quantitative estimate of drug-likeness (QED) is 0.155. The molecule has 0 aromatic rings. The van der Waals surface area contributed by atoms with Crippen molar-refractivity contribution in [3.63, 3.8) is 0 Å². The summed E-state index contributed by atoms with van der Waals surface area (Å²) in [5, 5.41) is 5.77. The molecule has 0 radical (unpaired) electrons. The minimum Gasteiger partial charge on any atom is -0.444 e. The predicted octanol–water partition coefficient (Wildman–Crippen LogP) is 5.47. The van der Waals surface area contributed by atoms with Gasteiger partial charge in [0.05, 0.1) is 0 Å². The van der Waals surface area contributed by atoms with Crippen molar-refractivity contribution in [3.8, 4) is 0 Å². The molecule has 14 nitrogen and oxygen atoms in total. The van der Waals surface area contributed by atoms with Crippen molar-refractivity contribution in [3.05, 3.63) is 0 Å². The third-order valence-corrected chi connectivity index (χ3v) is 9.99. The number of carbonyl (C=O) groups excluding carboxylic acids is 6. The Morgan fingerprint density at radius 2 is 1.26 bits per heavy atom. The van der Waals surface area contributed by atoms with Crippen molar-refractivity contribution in [2.75, 3.05) is 52.9 Å². The number of alkyl carbamates (subject to hydrolysis) is 1. The fraction of sp³-hybridized carbons (Fsp3) is 0.850. The molecule has 0 saturated carbocycles. The summed E-state index contributed by atoms with van der Waals surface area (Å²) in [7, 11) is 1.66. The van der Waals surface area contributed by atoms with Crippen LogP contribution in [0.15, 0.2) is 0 Å². The van der Waals surface area contributed by atoms with E-state index in [2.05, 4.69) is 10.6 Å². The summed E-state index contributed by atoms with van der Waals surface area (Å²) in [5.41, 5.74) is -1.13. The van der Waals surface area contributed by atoms with Gasteiger partial charge in [0.25, 0.3) is 0 Å². The summed E-state index contributed by atoms with van der Waals surface area (Å²) >= 11 is 0. The van der Waals surface area contributed by atoms with Crippen LogP contribution in [0.3, 0.4) is 0 Å². The molecule has 0 aliphatic carbocycles. The fourth-order valence-corrected chi connectivity index (χ4v) is 6.75. The maximum absolute atomic E-state index is 13.7. The van der Waals surface area contributed by atoms with Gasteiger partial charge in [0, 0.05) is 52.7 Å². The highest BCUT2D eigenvalue weighted by molar-refractivity contribution is 5.98. The lowest BCUT2D eigenvalue weighted by Crippen LogP contribution is -2.64. The van der Waals surface area contributed by atoms with Crippen LogP contribution in [-0.4, -0.2) is 132 Å². The van der Waals surface area contributed by atoms with Crippen LogP contribution in [0.5, 0.6) is 0 Å². The Kier molecular flexibility index (Phi) is 19.6. The van der Waals surface area contributed by atoms with E-state index < -0.39 is 29.4 Å². The summed E-state index contributed by atoms with van der Waals surface area (Å²) < 4.78 is 10.7. The lowest BCUT2D eigenvalue weighted by molar-refractivity contribution is -0.161. The van der Waals surface area contributed by atoms with Gasteiger partial charge < -0.3 is 39.7 Å². The molecule has 2 heterocycles. The van der Waals surface area contributed by atoms with E-state index in [9.17, 15) is 28.8 Å². The van der Waals surface area contributed by atoms with Crippen molar-refractivity contribution in [2.24, 2.45) is 5.92 Å². The Morgan fingerprint density at radius 1 is 0.741 bits per heavy atom. The Balaban J connectivity index is 1.70. The molecule has 2 aliphatic heterocycles.